The van der Waals surface area contributed by atoms with Gasteiger partial charge in [-0.25, -0.2) is 0 Å². The van der Waals surface area contributed by atoms with Crippen molar-refractivity contribution in [3.63, 3.8) is 0 Å². The average molecular weight is 318 g/mol. The Morgan fingerprint density at radius 2 is 2.04 bits per heavy atom. The fourth-order valence-corrected chi connectivity index (χ4v) is 2.98. The Morgan fingerprint density at radius 1 is 1.12 bits per heavy atom. The summed E-state index contributed by atoms with van der Waals surface area (Å²) in [7, 11) is 0. The maximum atomic E-state index is 12.3. The number of fused-ring (bicyclic) bond motifs is 3. The molecule has 0 radical (unpaired) electrons. The molecule has 4 rings (SSSR count). The normalized spacial score (nSPS) is 11.2. The zero-order chi connectivity index (χ0) is 16.4. The number of carbonyl (C=O) groups excluding carboxylic acids is 1. The van der Waals surface area contributed by atoms with Crippen LogP contribution in [0.1, 0.15) is 16.9 Å². The van der Waals surface area contributed by atoms with Gasteiger partial charge in [0.05, 0.1) is 0 Å². The molecule has 0 saturated carbocycles. The number of nitrogens with zero attached hydrogens (tertiary/aromatic N) is 2. The Kier molecular flexibility index (Phi) is 3.75. The van der Waals surface area contributed by atoms with Crippen LogP contribution in [0.3, 0.4) is 0 Å². The fourth-order valence-electron chi connectivity index (χ4n) is 2.98. The minimum absolute atomic E-state index is 0.0734. The molecule has 2 aromatic carbocycles. The van der Waals surface area contributed by atoms with E-state index in [2.05, 4.69) is 33.6 Å². The van der Waals surface area contributed by atoms with E-state index in [1.54, 1.807) is 6.20 Å². The lowest BCUT2D eigenvalue weighted by atomic mass is 10.1. The van der Waals surface area contributed by atoms with Crippen molar-refractivity contribution < 1.29 is 4.79 Å². The molecule has 0 aliphatic heterocycles. The van der Waals surface area contributed by atoms with E-state index >= 15 is 0 Å². The third-order valence-corrected chi connectivity index (χ3v) is 4.18. The minimum atomic E-state index is -0.0734. The number of amides is 1. The lowest BCUT2D eigenvalue weighted by Crippen LogP contribution is -2.25. The number of carbonyl (C=O) groups is 1. The summed E-state index contributed by atoms with van der Waals surface area (Å²) < 4.78 is 1.86. The molecule has 2 heterocycles. The zero-order valence-corrected chi connectivity index (χ0v) is 13.2. The fraction of sp³-hybridized carbons (Fsp3) is 0.158. The van der Waals surface area contributed by atoms with Crippen molar-refractivity contribution in [3.05, 3.63) is 66.6 Å². The van der Waals surface area contributed by atoms with Crippen LogP contribution < -0.4 is 5.32 Å². The Morgan fingerprint density at radius 3 is 2.92 bits per heavy atom. The van der Waals surface area contributed by atoms with Gasteiger partial charge < -0.3 is 10.3 Å². The number of aromatic amines is 1. The van der Waals surface area contributed by atoms with Crippen molar-refractivity contribution in [2.24, 2.45) is 0 Å². The minimum Gasteiger partial charge on any atom is -0.351 e. The highest BCUT2D eigenvalue weighted by Crippen LogP contribution is 2.25. The van der Waals surface area contributed by atoms with Gasteiger partial charge in [0.15, 0.2) is 0 Å². The van der Waals surface area contributed by atoms with Crippen LogP contribution in [-0.2, 0) is 6.54 Å². The van der Waals surface area contributed by atoms with Gasteiger partial charge in [0.2, 0.25) is 0 Å². The molecular weight excluding hydrogens is 300 g/mol. The Balaban J connectivity index is 1.47. The number of aromatic nitrogens is 3. The number of H-pyrrole nitrogens is 1. The van der Waals surface area contributed by atoms with E-state index in [-0.39, 0.29) is 5.91 Å². The Bertz CT molecular complexity index is 985. The molecule has 5 heteroatoms. The van der Waals surface area contributed by atoms with E-state index in [9.17, 15) is 4.79 Å². The predicted molar refractivity (Wildman–Crippen MR) is 95.0 cm³/mol. The van der Waals surface area contributed by atoms with E-state index in [0.29, 0.717) is 12.2 Å². The highest BCUT2D eigenvalue weighted by Gasteiger charge is 2.10. The molecule has 5 nitrogen and oxygen atoms in total. The van der Waals surface area contributed by atoms with Crippen LogP contribution in [0.25, 0.3) is 21.7 Å². The summed E-state index contributed by atoms with van der Waals surface area (Å²) in [6.45, 7) is 1.42. The first-order chi connectivity index (χ1) is 11.8. The second kappa shape index (κ2) is 6.20. The molecule has 0 aliphatic rings. The smallest absolute Gasteiger partial charge is 0.267 e. The third-order valence-electron chi connectivity index (χ3n) is 4.18. The molecule has 120 valence electrons. The van der Waals surface area contributed by atoms with Gasteiger partial charge in [-0.2, -0.15) is 5.10 Å². The van der Waals surface area contributed by atoms with Crippen LogP contribution in [0, 0.1) is 0 Å². The summed E-state index contributed by atoms with van der Waals surface area (Å²) in [4.78, 5) is 15.6. The average Bonchev–Trinajstić information content (AvgIpc) is 3.28. The molecule has 0 saturated heterocycles. The van der Waals surface area contributed by atoms with E-state index in [4.69, 9.17) is 0 Å². The maximum absolute atomic E-state index is 12.3. The molecule has 2 N–H and O–H groups in total. The monoisotopic (exact) mass is 318 g/mol. The van der Waals surface area contributed by atoms with Crippen LogP contribution >= 0.6 is 0 Å². The Labute approximate surface area is 139 Å². The zero-order valence-electron chi connectivity index (χ0n) is 13.2. The first-order valence-electron chi connectivity index (χ1n) is 8.07. The van der Waals surface area contributed by atoms with Crippen LogP contribution in [0.15, 0.2) is 60.9 Å². The highest BCUT2D eigenvalue weighted by molar-refractivity contribution is 6.09. The van der Waals surface area contributed by atoms with Crippen LogP contribution in [0.4, 0.5) is 0 Å². The van der Waals surface area contributed by atoms with Crippen molar-refractivity contribution in [2.45, 2.75) is 13.0 Å². The third kappa shape index (κ3) is 2.76. The number of hydrogen-bond acceptors (Lipinski definition) is 2. The van der Waals surface area contributed by atoms with Crippen LogP contribution in [0.2, 0.25) is 0 Å². The number of nitrogens with one attached hydrogen (secondary N) is 2. The van der Waals surface area contributed by atoms with Crippen molar-refractivity contribution in [1.82, 2.24) is 20.1 Å². The lowest BCUT2D eigenvalue weighted by molar-refractivity contribution is 0.0948. The van der Waals surface area contributed by atoms with Gasteiger partial charge >= 0.3 is 0 Å². The van der Waals surface area contributed by atoms with Crippen LogP contribution in [-0.4, -0.2) is 27.2 Å². The first kappa shape index (κ1) is 14.5. The van der Waals surface area contributed by atoms with Crippen molar-refractivity contribution in [1.29, 1.82) is 0 Å². The summed E-state index contributed by atoms with van der Waals surface area (Å²) in [6.07, 6.45) is 4.52. The molecule has 0 atom stereocenters. The predicted octanol–water partition coefficient (Wildman–Crippen LogP) is 3.34. The summed E-state index contributed by atoms with van der Waals surface area (Å²) in [5.74, 6) is -0.0734. The SMILES string of the molecule is O=C(NCCCn1cccn1)c1cc2c(ccc3ccccc32)[nH]1. The van der Waals surface area contributed by atoms with Crippen molar-refractivity contribution in [3.8, 4) is 0 Å². The molecule has 0 bridgehead atoms. The number of benzene rings is 2. The molecule has 4 aromatic rings. The molecule has 1 amide bonds. The van der Waals surface area contributed by atoms with Gasteiger partial charge in [0, 0.05) is 36.4 Å². The maximum Gasteiger partial charge on any atom is 0.267 e. The largest absolute Gasteiger partial charge is 0.351 e. The van der Waals surface area contributed by atoms with Gasteiger partial charge in [-0.05, 0) is 35.4 Å². The van der Waals surface area contributed by atoms with Gasteiger partial charge in [-0.3, -0.25) is 9.48 Å². The van der Waals surface area contributed by atoms with Crippen molar-refractivity contribution >= 4 is 27.6 Å². The van der Waals surface area contributed by atoms with E-state index in [1.165, 1.54) is 5.39 Å². The number of aryl methyl sites for hydroxylation is 1. The first-order valence-corrected chi connectivity index (χ1v) is 8.07. The number of hydrogen-bond donors (Lipinski definition) is 2. The molecule has 2 aromatic heterocycles. The van der Waals surface area contributed by atoms with Gasteiger partial charge in [-0.15, -0.1) is 0 Å². The quantitative estimate of drug-likeness (QED) is 0.554. The molecule has 0 aliphatic carbocycles. The molecule has 0 spiro atoms. The van der Waals surface area contributed by atoms with E-state index in [1.807, 2.05) is 41.2 Å². The lowest BCUT2D eigenvalue weighted by Gasteiger charge is -2.04. The van der Waals surface area contributed by atoms with Gasteiger partial charge in [0.1, 0.15) is 5.69 Å². The van der Waals surface area contributed by atoms with Gasteiger partial charge in [0.25, 0.3) is 5.91 Å². The standard InChI is InChI=1S/C19H18N4O/c24-19(20-9-3-11-23-12-4-10-21-23)18-13-16-15-6-2-1-5-14(15)7-8-17(16)22-18/h1-2,4-8,10,12-13,22H,3,9,11H2,(H,20,24). The highest BCUT2D eigenvalue weighted by atomic mass is 16.1. The van der Waals surface area contributed by atoms with E-state index < -0.39 is 0 Å². The summed E-state index contributed by atoms with van der Waals surface area (Å²) in [5.41, 5.74) is 1.58. The van der Waals surface area contributed by atoms with Crippen molar-refractivity contribution in [2.75, 3.05) is 6.54 Å². The van der Waals surface area contributed by atoms with Gasteiger partial charge in [-0.1, -0.05) is 30.3 Å². The summed E-state index contributed by atoms with van der Waals surface area (Å²) >= 11 is 0. The van der Waals surface area contributed by atoms with Crippen LogP contribution in [0.5, 0.6) is 0 Å². The number of rotatable bonds is 5. The Hall–Kier alpha value is -3.08. The molecule has 0 fully saturated rings. The second-order valence-electron chi connectivity index (χ2n) is 5.81. The summed E-state index contributed by atoms with van der Waals surface area (Å²) in [6, 6.07) is 16.1. The summed E-state index contributed by atoms with van der Waals surface area (Å²) in [5, 5.41) is 10.5. The molecule has 0 unspecified atom stereocenters. The molecule has 24 heavy (non-hydrogen) atoms. The second-order valence-corrected chi connectivity index (χ2v) is 5.81. The topological polar surface area (TPSA) is 62.7 Å². The van der Waals surface area contributed by atoms with E-state index in [0.717, 1.165) is 29.3 Å². The molecular formula is C19H18N4O.